The van der Waals surface area contributed by atoms with Crippen molar-refractivity contribution in [2.24, 2.45) is 5.10 Å². The van der Waals surface area contributed by atoms with Crippen LogP contribution < -0.4 is 4.74 Å². The van der Waals surface area contributed by atoms with Gasteiger partial charge in [-0.05, 0) is 54.9 Å². The van der Waals surface area contributed by atoms with Crippen molar-refractivity contribution in [1.82, 2.24) is 14.9 Å². The topological polar surface area (TPSA) is 55.2 Å². The van der Waals surface area contributed by atoms with Crippen LogP contribution in [0.3, 0.4) is 0 Å². The zero-order chi connectivity index (χ0) is 18.4. The third-order valence-corrected chi connectivity index (χ3v) is 4.34. The first-order valence-electron chi connectivity index (χ1n) is 8.34. The number of benzene rings is 2. The first-order valence-corrected chi connectivity index (χ1v) is 9.13. The molecular formula is C19H19ClN4OS. The molecule has 0 saturated carbocycles. The predicted molar refractivity (Wildman–Crippen MR) is 107 cm³/mol. The van der Waals surface area contributed by atoms with E-state index in [1.54, 1.807) is 10.9 Å². The van der Waals surface area contributed by atoms with E-state index in [9.17, 15) is 0 Å². The van der Waals surface area contributed by atoms with E-state index in [-0.39, 0.29) is 0 Å². The van der Waals surface area contributed by atoms with Crippen LogP contribution in [0.2, 0.25) is 5.02 Å². The number of hydrogen-bond donors (Lipinski definition) is 1. The molecule has 134 valence electrons. The molecule has 0 fully saturated rings. The van der Waals surface area contributed by atoms with Gasteiger partial charge in [0.05, 0.1) is 17.8 Å². The number of aromatic nitrogens is 3. The largest absolute Gasteiger partial charge is 0.492 e. The minimum absolute atomic E-state index is 0.460. The van der Waals surface area contributed by atoms with E-state index in [0.29, 0.717) is 22.2 Å². The monoisotopic (exact) mass is 386 g/mol. The van der Waals surface area contributed by atoms with Crippen molar-refractivity contribution < 1.29 is 4.74 Å². The molecule has 0 radical (unpaired) electrons. The molecular weight excluding hydrogens is 368 g/mol. The van der Waals surface area contributed by atoms with Crippen LogP contribution in [0, 0.1) is 4.77 Å². The minimum atomic E-state index is 0.460. The van der Waals surface area contributed by atoms with Gasteiger partial charge in [0.25, 0.3) is 0 Å². The highest BCUT2D eigenvalue weighted by atomic mass is 35.5. The zero-order valence-corrected chi connectivity index (χ0v) is 15.9. The third kappa shape index (κ3) is 4.59. The highest BCUT2D eigenvalue weighted by Gasteiger charge is 2.06. The Labute approximate surface area is 162 Å². The highest BCUT2D eigenvalue weighted by molar-refractivity contribution is 7.71. The molecule has 3 aromatic rings. The van der Waals surface area contributed by atoms with E-state index in [1.807, 2.05) is 43.3 Å². The average molecular weight is 387 g/mol. The fourth-order valence-electron chi connectivity index (χ4n) is 2.50. The zero-order valence-electron chi connectivity index (χ0n) is 14.4. The highest BCUT2D eigenvalue weighted by Crippen LogP contribution is 2.24. The van der Waals surface area contributed by atoms with Gasteiger partial charge in [-0.2, -0.15) is 14.9 Å². The average Bonchev–Trinajstić information content (AvgIpc) is 3.01. The van der Waals surface area contributed by atoms with Gasteiger partial charge in [-0.3, -0.25) is 5.10 Å². The number of rotatable bonds is 7. The number of hydrogen-bond acceptors (Lipinski definition) is 4. The molecule has 0 saturated heterocycles. The van der Waals surface area contributed by atoms with Crippen LogP contribution in [-0.2, 0) is 12.8 Å². The first kappa shape index (κ1) is 18.4. The van der Waals surface area contributed by atoms with Crippen molar-refractivity contribution >= 4 is 30.0 Å². The maximum absolute atomic E-state index is 6.22. The van der Waals surface area contributed by atoms with Crippen LogP contribution >= 0.6 is 23.8 Å². The molecule has 1 heterocycles. The number of aryl methyl sites for hydroxylation is 2. The van der Waals surface area contributed by atoms with E-state index in [4.69, 9.17) is 28.6 Å². The Hall–Kier alpha value is -2.44. The van der Waals surface area contributed by atoms with Gasteiger partial charge in [-0.1, -0.05) is 41.9 Å². The van der Waals surface area contributed by atoms with E-state index in [1.165, 1.54) is 5.56 Å². The second kappa shape index (κ2) is 8.78. The Bertz CT molecular complexity index is 950. The Balaban J connectivity index is 1.75. The molecule has 0 bridgehead atoms. The standard InChI is InChI=1S/C19H19ClN4OS/c1-2-25-17-10-8-15(12-16(17)20)13-21-24-18(22-23-19(24)26)11-9-14-6-4-3-5-7-14/h3-8,10,12-13H,2,9,11H2,1H3,(H,23,26)/b21-13-. The number of nitrogens with zero attached hydrogens (tertiary/aromatic N) is 3. The Morgan fingerprint density at radius 1 is 1.23 bits per heavy atom. The summed E-state index contributed by atoms with van der Waals surface area (Å²) in [4.78, 5) is 0. The summed E-state index contributed by atoms with van der Waals surface area (Å²) in [6.45, 7) is 2.49. The lowest BCUT2D eigenvalue weighted by molar-refractivity contribution is 0.340. The van der Waals surface area contributed by atoms with Crippen LogP contribution in [-0.4, -0.2) is 27.7 Å². The lowest BCUT2D eigenvalue weighted by Crippen LogP contribution is -2.01. The fraction of sp³-hybridized carbons (Fsp3) is 0.211. The van der Waals surface area contributed by atoms with E-state index < -0.39 is 0 Å². The molecule has 0 spiro atoms. The van der Waals surface area contributed by atoms with E-state index in [0.717, 1.165) is 24.2 Å². The summed E-state index contributed by atoms with van der Waals surface area (Å²) in [7, 11) is 0. The van der Waals surface area contributed by atoms with Gasteiger partial charge in [0.2, 0.25) is 4.77 Å². The molecule has 3 rings (SSSR count). The molecule has 1 aromatic heterocycles. The van der Waals surface area contributed by atoms with Gasteiger partial charge < -0.3 is 4.74 Å². The van der Waals surface area contributed by atoms with Crippen molar-refractivity contribution in [1.29, 1.82) is 0 Å². The number of nitrogens with one attached hydrogen (secondary N) is 1. The van der Waals surface area contributed by atoms with Gasteiger partial charge in [0.15, 0.2) is 5.82 Å². The van der Waals surface area contributed by atoms with Crippen molar-refractivity contribution in [2.75, 3.05) is 6.61 Å². The number of aromatic amines is 1. The number of halogens is 1. The van der Waals surface area contributed by atoms with Crippen LogP contribution in [0.4, 0.5) is 0 Å². The van der Waals surface area contributed by atoms with Crippen molar-refractivity contribution in [2.45, 2.75) is 19.8 Å². The molecule has 0 aliphatic rings. The second-order valence-corrected chi connectivity index (χ2v) is 6.40. The summed E-state index contributed by atoms with van der Waals surface area (Å²) < 4.78 is 7.54. The summed E-state index contributed by atoms with van der Waals surface area (Å²) in [5, 5.41) is 12.1. The smallest absolute Gasteiger partial charge is 0.216 e. The van der Waals surface area contributed by atoms with Gasteiger partial charge in [0.1, 0.15) is 5.75 Å². The van der Waals surface area contributed by atoms with Crippen molar-refractivity contribution in [3.8, 4) is 5.75 Å². The van der Waals surface area contributed by atoms with Gasteiger partial charge in [0, 0.05) is 6.42 Å². The molecule has 5 nitrogen and oxygen atoms in total. The normalized spacial score (nSPS) is 11.2. The summed E-state index contributed by atoms with van der Waals surface area (Å²) in [5.74, 6) is 1.45. The molecule has 7 heteroatoms. The lowest BCUT2D eigenvalue weighted by atomic mass is 10.1. The number of ether oxygens (including phenoxy) is 1. The second-order valence-electron chi connectivity index (χ2n) is 5.61. The van der Waals surface area contributed by atoms with E-state index in [2.05, 4.69) is 27.4 Å². The van der Waals surface area contributed by atoms with Crippen LogP contribution in [0.15, 0.2) is 53.6 Å². The maximum Gasteiger partial charge on any atom is 0.216 e. The SMILES string of the molecule is CCOc1ccc(/C=N\n2c(CCc3ccccc3)n[nH]c2=S)cc1Cl. The summed E-state index contributed by atoms with van der Waals surface area (Å²) >= 11 is 11.5. The molecule has 1 N–H and O–H groups in total. The van der Waals surface area contributed by atoms with E-state index >= 15 is 0 Å². The number of H-pyrrole nitrogens is 1. The molecule has 0 unspecified atom stereocenters. The first-order chi connectivity index (χ1) is 12.7. The van der Waals surface area contributed by atoms with Gasteiger partial charge in [-0.15, -0.1) is 0 Å². The molecule has 2 aromatic carbocycles. The van der Waals surface area contributed by atoms with Crippen LogP contribution in [0.1, 0.15) is 23.9 Å². The maximum atomic E-state index is 6.22. The van der Waals surface area contributed by atoms with Gasteiger partial charge in [-0.25, -0.2) is 0 Å². The molecule has 0 aliphatic heterocycles. The molecule has 0 atom stereocenters. The van der Waals surface area contributed by atoms with Crippen LogP contribution in [0.5, 0.6) is 5.75 Å². The molecule has 0 amide bonds. The Morgan fingerprint density at radius 2 is 2.04 bits per heavy atom. The lowest BCUT2D eigenvalue weighted by Gasteiger charge is -2.05. The quantitative estimate of drug-likeness (QED) is 0.474. The van der Waals surface area contributed by atoms with Gasteiger partial charge >= 0.3 is 0 Å². The predicted octanol–water partition coefficient (Wildman–Crippen LogP) is 4.66. The summed E-state index contributed by atoms with van der Waals surface area (Å²) in [6, 6.07) is 15.8. The summed E-state index contributed by atoms with van der Waals surface area (Å²) in [6.07, 6.45) is 3.31. The summed E-state index contributed by atoms with van der Waals surface area (Å²) in [5.41, 5.74) is 2.10. The fourth-order valence-corrected chi connectivity index (χ4v) is 2.94. The molecule has 0 aliphatic carbocycles. The van der Waals surface area contributed by atoms with Crippen molar-refractivity contribution in [3.05, 3.63) is 75.3 Å². The Kier molecular flexibility index (Phi) is 6.20. The molecule has 26 heavy (non-hydrogen) atoms. The van der Waals surface area contributed by atoms with Crippen LogP contribution in [0.25, 0.3) is 0 Å². The Morgan fingerprint density at radius 3 is 2.77 bits per heavy atom. The minimum Gasteiger partial charge on any atom is -0.492 e. The van der Waals surface area contributed by atoms with Crippen molar-refractivity contribution in [3.63, 3.8) is 0 Å². The third-order valence-electron chi connectivity index (χ3n) is 3.78.